The Morgan fingerprint density at radius 1 is 1.31 bits per heavy atom. The Kier molecular flexibility index (Phi) is 6.62. The number of ether oxygens (including phenoxy) is 1. The molecule has 0 saturated heterocycles. The molecule has 1 N–H and O–H groups in total. The molecule has 0 saturated carbocycles. The molecular weight excluding hydrogens is 451 g/mol. The maximum atomic E-state index is 13.6. The lowest BCUT2D eigenvalue weighted by molar-refractivity contribution is -0.138. The molecular formula is C23H20ClFN4O2S. The summed E-state index contributed by atoms with van der Waals surface area (Å²) in [5.74, 6) is 0.203. The van der Waals surface area contributed by atoms with Crippen LogP contribution in [0, 0.1) is 5.82 Å². The third-order valence-electron chi connectivity index (χ3n) is 4.89. The highest BCUT2D eigenvalue weighted by Gasteiger charge is 2.35. The van der Waals surface area contributed by atoms with Crippen molar-refractivity contribution in [1.82, 2.24) is 14.8 Å². The van der Waals surface area contributed by atoms with Gasteiger partial charge in [-0.2, -0.15) is 4.98 Å². The highest BCUT2D eigenvalue weighted by molar-refractivity contribution is 7.98. The smallest absolute Gasteiger partial charge is 0.338 e. The summed E-state index contributed by atoms with van der Waals surface area (Å²) in [6.45, 7) is 5.44. The predicted octanol–water partition coefficient (Wildman–Crippen LogP) is 5.38. The van der Waals surface area contributed by atoms with Crippen LogP contribution in [0.1, 0.15) is 24.1 Å². The van der Waals surface area contributed by atoms with Crippen molar-refractivity contribution in [2.24, 2.45) is 0 Å². The van der Waals surface area contributed by atoms with Crippen LogP contribution in [0.3, 0.4) is 0 Å². The van der Waals surface area contributed by atoms with Crippen molar-refractivity contribution in [3.8, 4) is 0 Å². The Hall–Kier alpha value is -3.10. The van der Waals surface area contributed by atoms with Gasteiger partial charge in [-0.3, -0.25) is 0 Å². The van der Waals surface area contributed by atoms with Crippen molar-refractivity contribution in [1.29, 1.82) is 0 Å². The molecule has 1 atom stereocenters. The van der Waals surface area contributed by atoms with Crippen molar-refractivity contribution in [2.45, 2.75) is 23.9 Å². The summed E-state index contributed by atoms with van der Waals surface area (Å²) in [5, 5.41) is 8.97. The van der Waals surface area contributed by atoms with E-state index in [1.165, 1.54) is 30.0 Å². The number of nitrogens with one attached hydrogen (secondary N) is 1. The summed E-state index contributed by atoms with van der Waals surface area (Å²) in [6, 6.07) is 12.9. The molecule has 9 heteroatoms. The highest BCUT2D eigenvalue weighted by atomic mass is 35.5. The van der Waals surface area contributed by atoms with E-state index in [0.717, 1.165) is 5.56 Å². The van der Waals surface area contributed by atoms with Crippen molar-refractivity contribution in [3.05, 3.63) is 94.4 Å². The number of aromatic nitrogens is 3. The molecule has 4 rings (SSSR count). The van der Waals surface area contributed by atoms with Crippen LogP contribution in [0.5, 0.6) is 0 Å². The number of carbonyl (C=O) groups is 1. The third kappa shape index (κ3) is 4.56. The maximum absolute atomic E-state index is 13.6. The van der Waals surface area contributed by atoms with Gasteiger partial charge in [0.15, 0.2) is 0 Å². The number of carbonyl (C=O) groups excluding carboxylic acids is 1. The second kappa shape index (κ2) is 9.58. The zero-order valence-electron chi connectivity index (χ0n) is 17.2. The van der Waals surface area contributed by atoms with E-state index >= 15 is 0 Å². The van der Waals surface area contributed by atoms with E-state index in [2.05, 4.69) is 22.0 Å². The number of benzene rings is 2. The Bertz CT molecular complexity index is 1190. The molecule has 0 fully saturated rings. The first-order valence-corrected chi connectivity index (χ1v) is 11.2. The van der Waals surface area contributed by atoms with Gasteiger partial charge in [-0.25, -0.2) is 13.9 Å². The quantitative estimate of drug-likeness (QED) is 0.284. The zero-order valence-corrected chi connectivity index (χ0v) is 18.8. The van der Waals surface area contributed by atoms with E-state index in [0.29, 0.717) is 38.7 Å². The van der Waals surface area contributed by atoms with Gasteiger partial charge in [0.05, 0.1) is 5.57 Å². The average Bonchev–Trinajstić information content (AvgIpc) is 3.19. The van der Waals surface area contributed by atoms with Gasteiger partial charge in [0.25, 0.3) is 0 Å². The molecule has 3 aromatic rings. The van der Waals surface area contributed by atoms with Crippen molar-refractivity contribution in [3.63, 3.8) is 0 Å². The minimum atomic E-state index is -0.619. The molecule has 6 nitrogen and oxygen atoms in total. The molecule has 164 valence electrons. The Balaban J connectivity index is 1.69. The van der Waals surface area contributed by atoms with Gasteiger partial charge in [-0.15, -0.1) is 5.10 Å². The topological polar surface area (TPSA) is 69.0 Å². The predicted molar refractivity (Wildman–Crippen MR) is 123 cm³/mol. The molecule has 1 unspecified atom stereocenters. The fourth-order valence-corrected chi connectivity index (χ4v) is 4.50. The van der Waals surface area contributed by atoms with Gasteiger partial charge < -0.3 is 10.1 Å². The van der Waals surface area contributed by atoms with Crippen molar-refractivity contribution >= 4 is 35.3 Å². The van der Waals surface area contributed by atoms with E-state index in [4.69, 9.17) is 16.3 Å². The van der Waals surface area contributed by atoms with Gasteiger partial charge in [-0.05, 0) is 36.2 Å². The van der Waals surface area contributed by atoms with Gasteiger partial charge in [0.2, 0.25) is 11.1 Å². The monoisotopic (exact) mass is 470 g/mol. The molecule has 32 heavy (non-hydrogen) atoms. The second-order valence-electron chi connectivity index (χ2n) is 7.05. The third-order valence-corrected chi connectivity index (χ3v) is 6.14. The first-order valence-electron chi connectivity index (χ1n) is 9.82. The Labute approximate surface area is 194 Å². The fourth-order valence-electron chi connectivity index (χ4n) is 3.38. The van der Waals surface area contributed by atoms with Crippen LogP contribution in [0.25, 0.3) is 0 Å². The van der Waals surface area contributed by atoms with Crippen molar-refractivity contribution in [2.75, 3.05) is 11.9 Å². The molecule has 2 aromatic carbocycles. The average molecular weight is 471 g/mol. The first-order chi connectivity index (χ1) is 15.5. The lowest BCUT2D eigenvalue weighted by Crippen LogP contribution is -2.29. The van der Waals surface area contributed by atoms with Crippen LogP contribution in [-0.2, 0) is 15.3 Å². The van der Waals surface area contributed by atoms with E-state index in [9.17, 15) is 9.18 Å². The van der Waals surface area contributed by atoms with Gasteiger partial charge >= 0.3 is 5.97 Å². The molecule has 0 aliphatic carbocycles. The summed E-state index contributed by atoms with van der Waals surface area (Å²) in [4.78, 5) is 17.4. The number of hydrogen-bond donors (Lipinski definition) is 1. The zero-order chi connectivity index (χ0) is 22.7. The molecule has 0 bridgehead atoms. The summed E-state index contributed by atoms with van der Waals surface area (Å²) < 4.78 is 20.5. The van der Waals surface area contributed by atoms with Crippen LogP contribution >= 0.6 is 23.4 Å². The first kappa shape index (κ1) is 22.1. The molecule has 0 amide bonds. The van der Waals surface area contributed by atoms with Crippen LogP contribution < -0.4 is 5.32 Å². The normalized spacial score (nSPS) is 15.2. The highest BCUT2D eigenvalue weighted by Crippen LogP contribution is 2.37. The van der Waals surface area contributed by atoms with Crippen molar-refractivity contribution < 1.29 is 13.9 Å². The van der Waals surface area contributed by atoms with E-state index in [1.807, 2.05) is 24.3 Å². The largest absolute Gasteiger partial charge is 0.458 e. The number of halogens is 2. The molecule has 0 spiro atoms. The van der Waals surface area contributed by atoms with Gasteiger partial charge in [0, 0.05) is 16.5 Å². The lowest BCUT2D eigenvalue weighted by Gasteiger charge is -2.28. The van der Waals surface area contributed by atoms with E-state index < -0.39 is 12.0 Å². The molecule has 1 aliphatic heterocycles. The number of thioether (sulfide) groups is 1. The number of hydrogen-bond acceptors (Lipinski definition) is 6. The molecule has 1 aromatic heterocycles. The minimum Gasteiger partial charge on any atom is -0.458 e. The number of fused-ring (bicyclic) bond motifs is 1. The van der Waals surface area contributed by atoms with E-state index in [1.54, 1.807) is 23.7 Å². The van der Waals surface area contributed by atoms with Crippen LogP contribution in [0.15, 0.2) is 77.6 Å². The number of esters is 1. The Morgan fingerprint density at radius 3 is 2.78 bits per heavy atom. The summed E-state index contributed by atoms with van der Waals surface area (Å²) in [5.41, 5.74) is 2.62. The minimum absolute atomic E-state index is 0.0783. The SMILES string of the molecule is C=CCOC(=O)C1=C(C)Nc2nc(SCc3ccccc3Cl)nn2C1c1ccc(F)cc1. The van der Waals surface area contributed by atoms with E-state index in [-0.39, 0.29) is 12.4 Å². The van der Waals surface area contributed by atoms with Gasteiger partial charge in [-0.1, -0.05) is 66.3 Å². The standard InChI is InChI=1S/C23H20ClFN4O2S/c1-3-12-31-21(30)19-14(2)26-22-27-23(32-13-16-6-4-5-7-18(16)24)28-29(22)20(19)15-8-10-17(25)11-9-15/h3-11,20H,1,12-13H2,2H3,(H,26,27,28). The molecule has 2 heterocycles. The Morgan fingerprint density at radius 2 is 2.06 bits per heavy atom. The molecule has 1 aliphatic rings. The second-order valence-corrected chi connectivity index (χ2v) is 8.40. The number of rotatable bonds is 7. The number of anilines is 1. The van der Waals surface area contributed by atoms with Crippen LogP contribution in [0.4, 0.5) is 10.3 Å². The van der Waals surface area contributed by atoms with Crippen LogP contribution in [-0.4, -0.2) is 27.3 Å². The maximum Gasteiger partial charge on any atom is 0.338 e. The number of nitrogens with zero attached hydrogens (tertiary/aromatic N) is 3. The number of allylic oxidation sites excluding steroid dienone is 1. The summed E-state index contributed by atoms with van der Waals surface area (Å²) in [7, 11) is 0. The molecule has 0 radical (unpaired) electrons. The van der Waals surface area contributed by atoms with Gasteiger partial charge in [0.1, 0.15) is 18.5 Å². The van der Waals surface area contributed by atoms with Crippen LogP contribution in [0.2, 0.25) is 5.02 Å². The lowest BCUT2D eigenvalue weighted by atomic mass is 9.96. The summed E-state index contributed by atoms with van der Waals surface area (Å²) >= 11 is 7.68. The fraction of sp³-hybridized carbons (Fsp3) is 0.174. The summed E-state index contributed by atoms with van der Waals surface area (Å²) in [6.07, 6.45) is 1.50.